The highest BCUT2D eigenvalue weighted by Gasteiger charge is 2.25. The van der Waals surface area contributed by atoms with Gasteiger partial charge in [0.05, 0.1) is 5.39 Å². The van der Waals surface area contributed by atoms with Gasteiger partial charge in [-0.2, -0.15) is 0 Å². The van der Waals surface area contributed by atoms with Crippen molar-refractivity contribution in [3.63, 3.8) is 0 Å². The maximum absolute atomic E-state index is 11.9. The second kappa shape index (κ2) is 7.15. The molecule has 2 aromatic heterocycles. The zero-order chi connectivity index (χ0) is 18.0. The fourth-order valence-electron chi connectivity index (χ4n) is 3.03. The van der Waals surface area contributed by atoms with E-state index in [1.807, 2.05) is 20.8 Å². The normalized spacial score (nSPS) is 16.2. The molecule has 136 valence electrons. The summed E-state index contributed by atoms with van der Waals surface area (Å²) in [5.74, 6) is 1.01. The Morgan fingerprint density at radius 2 is 2.08 bits per heavy atom. The molecule has 1 aliphatic rings. The van der Waals surface area contributed by atoms with Crippen LogP contribution in [-0.2, 0) is 11.2 Å². The van der Waals surface area contributed by atoms with Crippen molar-refractivity contribution >= 4 is 33.5 Å². The van der Waals surface area contributed by atoms with E-state index in [1.165, 1.54) is 4.88 Å². The minimum Gasteiger partial charge on any atom is -0.444 e. The van der Waals surface area contributed by atoms with Crippen molar-refractivity contribution in [1.29, 1.82) is 0 Å². The third kappa shape index (κ3) is 4.39. The van der Waals surface area contributed by atoms with Gasteiger partial charge in [0.25, 0.3) is 0 Å². The quantitative estimate of drug-likeness (QED) is 0.901. The summed E-state index contributed by atoms with van der Waals surface area (Å²) in [5, 5.41) is 4.12. The third-order valence-corrected chi connectivity index (χ3v) is 5.41. The molecule has 1 N–H and O–H groups in total. The fraction of sp³-hybridized carbons (Fsp3) is 0.611. The molecule has 0 radical (unpaired) electrons. The molecule has 0 aromatic carbocycles. The molecule has 1 aliphatic heterocycles. The van der Waals surface area contributed by atoms with Crippen molar-refractivity contribution in [2.45, 2.75) is 58.6 Å². The highest BCUT2D eigenvalue weighted by molar-refractivity contribution is 7.18. The van der Waals surface area contributed by atoms with Gasteiger partial charge in [-0.25, -0.2) is 14.8 Å². The largest absolute Gasteiger partial charge is 0.444 e. The molecule has 25 heavy (non-hydrogen) atoms. The summed E-state index contributed by atoms with van der Waals surface area (Å²) in [6.45, 7) is 9.52. The number of carbonyl (C=O) groups is 1. The summed E-state index contributed by atoms with van der Waals surface area (Å²) in [5.41, 5.74) is -0.465. The van der Waals surface area contributed by atoms with Crippen molar-refractivity contribution in [3.8, 4) is 0 Å². The number of fused-ring (bicyclic) bond motifs is 1. The maximum atomic E-state index is 11.9. The highest BCUT2D eigenvalue weighted by Crippen LogP contribution is 2.31. The molecule has 0 saturated carbocycles. The van der Waals surface area contributed by atoms with Crippen LogP contribution >= 0.6 is 11.3 Å². The number of anilines is 1. The molecule has 0 spiro atoms. The summed E-state index contributed by atoms with van der Waals surface area (Å²) in [4.78, 5) is 25.5. The molecule has 6 nitrogen and oxygen atoms in total. The first-order valence-electron chi connectivity index (χ1n) is 8.83. The number of nitrogens with zero attached hydrogens (tertiary/aromatic N) is 3. The van der Waals surface area contributed by atoms with Gasteiger partial charge in [0.1, 0.15) is 22.6 Å². The lowest BCUT2D eigenvalue weighted by Gasteiger charge is -2.33. The first-order valence-corrected chi connectivity index (χ1v) is 9.65. The number of rotatable bonds is 3. The van der Waals surface area contributed by atoms with Gasteiger partial charge in [0.15, 0.2) is 0 Å². The van der Waals surface area contributed by atoms with Gasteiger partial charge in [-0.15, -0.1) is 11.3 Å². The summed E-state index contributed by atoms with van der Waals surface area (Å²) >= 11 is 1.74. The van der Waals surface area contributed by atoms with E-state index in [-0.39, 0.29) is 12.1 Å². The predicted molar refractivity (Wildman–Crippen MR) is 101 cm³/mol. The Balaban J connectivity index is 1.63. The average Bonchev–Trinajstić information content (AvgIpc) is 2.97. The molecule has 0 aliphatic carbocycles. The number of aromatic nitrogens is 2. The topological polar surface area (TPSA) is 67.4 Å². The number of carbonyl (C=O) groups excluding carboxylic acids is 1. The van der Waals surface area contributed by atoms with Crippen molar-refractivity contribution in [3.05, 3.63) is 17.3 Å². The van der Waals surface area contributed by atoms with Crippen LogP contribution in [0.25, 0.3) is 10.2 Å². The molecule has 0 unspecified atom stereocenters. The average molecular weight is 362 g/mol. The van der Waals surface area contributed by atoms with E-state index in [4.69, 9.17) is 4.74 Å². The second-order valence-electron chi connectivity index (χ2n) is 7.39. The molecule has 3 heterocycles. The van der Waals surface area contributed by atoms with Crippen LogP contribution in [0.5, 0.6) is 0 Å². The van der Waals surface area contributed by atoms with Crippen LogP contribution in [0.3, 0.4) is 0 Å². The Kier molecular flexibility index (Phi) is 5.13. The molecular weight excluding hydrogens is 336 g/mol. The number of hydrogen-bond donors (Lipinski definition) is 1. The second-order valence-corrected chi connectivity index (χ2v) is 8.51. The third-order valence-electron chi connectivity index (χ3n) is 4.22. The summed E-state index contributed by atoms with van der Waals surface area (Å²) < 4.78 is 5.34. The Morgan fingerprint density at radius 1 is 1.36 bits per heavy atom. The van der Waals surface area contributed by atoms with E-state index >= 15 is 0 Å². The monoisotopic (exact) mass is 362 g/mol. The summed E-state index contributed by atoms with van der Waals surface area (Å²) in [7, 11) is 0. The predicted octanol–water partition coefficient (Wildman–Crippen LogP) is 3.75. The van der Waals surface area contributed by atoms with E-state index in [0.29, 0.717) is 0 Å². The lowest BCUT2D eigenvalue weighted by molar-refractivity contribution is 0.0497. The number of piperidine rings is 1. The number of ether oxygens (including phenoxy) is 1. The smallest absolute Gasteiger partial charge is 0.407 e. The van der Waals surface area contributed by atoms with Crippen molar-refractivity contribution in [1.82, 2.24) is 15.3 Å². The molecule has 0 atom stereocenters. The standard InChI is InChI=1S/C18H26N4O2S/c1-5-13-10-14-15(19-11-20-16(14)25-13)22-8-6-12(7-9-22)21-17(23)24-18(2,3)4/h10-12H,5-9H2,1-4H3,(H,21,23). The summed E-state index contributed by atoms with van der Waals surface area (Å²) in [6.07, 6.45) is 4.10. The Morgan fingerprint density at radius 3 is 2.72 bits per heavy atom. The zero-order valence-corrected chi connectivity index (χ0v) is 16.2. The fourth-order valence-corrected chi connectivity index (χ4v) is 3.96. The molecule has 7 heteroatoms. The van der Waals surface area contributed by atoms with Crippen LogP contribution in [-0.4, -0.2) is 40.8 Å². The first-order chi connectivity index (χ1) is 11.9. The number of nitrogens with one attached hydrogen (secondary N) is 1. The van der Waals surface area contributed by atoms with Crippen LogP contribution < -0.4 is 10.2 Å². The highest BCUT2D eigenvalue weighted by atomic mass is 32.1. The van der Waals surface area contributed by atoms with Crippen LogP contribution in [0.4, 0.5) is 10.6 Å². The van der Waals surface area contributed by atoms with Gasteiger partial charge < -0.3 is 15.0 Å². The van der Waals surface area contributed by atoms with Crippen LogP contribution in [0.2, 0.25) is 0 Å². The number of amides is 1. The van der Waals surface area contributed by atoms with Gasteiger partial charge in [-0.05, 0) is 46.1 Å². The minimum absolute atomic E-state index is 0.150. The Labute approximate surface area is 152 Å². The maximum Gasteiger partial charge on any atom is 0.407 e. The molecule has 1 amide bonds. The zero-order valence-electron chi connectivity index (χ0n) is 15.3. The van der Waals surface area contributed by atoms with E-state index in [0.717, 1.165) is 48.4 Å². The van der Waals surface area contributed by atoms with Crippen molar-refractivity contribution in [2.24, 2.45) is 0 Å². The van der Waals surface area contributed by atoms with Gasteiger partial charge in [0.2, 0.25) is 0 Å². The van der Waals surface area contributed by atoms with Crippen LogP contribution in [0.1, 0.15) is 45.4 Å². The van der Waals surface area contributed by atoms with Gasteiger partial charge in [-0.1, -0.05) is 6.92 Å². The van der Waals surface area contributed by atoms with E-state index in [9.17, 15) is 4.79 Å². The van der Waals surface area contributed by atoms with Crippen LogP contribution in [0, 0.1) is 0 Å². The van der Waals surface area contributed by atoms with Gasteiger partial charge >= 0.3 is 6.09 Å². The van der Waals surface area contributed by atoms with Gasteiger partial charge in [-0.3, -0.25) is 0 Å². The Hall–Kier alpha value is -1.89. The molecular formula is C18H26N4O2S. The van der Waals surface area contributed by atoms with E-state index in [2.05, 4.69) is 33.2 Å². The number of hydrogen-bond acceptors (Lipinski definition) is 6. The molecule has 2 aromatic rings. The van der Waals surface area contributed by atoms with E-state index in [1.54, 1.807) is 17.7 Å². The molecule has 0 bridgehead atoms. The number of alkyl carbamates (subject to hydrolysis) is 1. The lowest BCUT2D eigenvalue weighted by atomic mass is 10.1. The molecule has 1 fully saturated rings. The van der Waals surface area contributed by atoms with Gasteiger partial charge in [0, 0.05) is 24.0 Å². The summed E-state index contributed by atoms with van der Waals surface area (Å²) in [6, 6.07) is 2.36. The molecule has 3 rings (SSSR count). The number of thiophene rings is 1. The SMILES string of the molecule is CCc1cc2c(N3CCC(NC(=O)OC(C)(C)C)CC3)ncnc2s1. The van der Waals surface area contributed by atoms with Crippen LogP contribution in [0.15, 0.2) is 12.4 Å². The number of aryl methyl sites for hydroxylation is 1. The van der Waals surface area contributed by atoms with Crippen molar-refractivity contribution < 1.29 is 9.53 Å². The minimum atomic E-state index is -0.465. The van der Waals surface area contributed by atoms with E-state index < -0.39 is 5.60 Å². The Bertz CT molecular complexity index is 745. The van der Waals surface area contributed by atoms with Crippen molar-refractivity contribution in [2.75, 3.05) is 18.0 Å². The lowest BCUT2D eigenvalue weighted by Crippen LogP contribution is -2.46. The molecule has 1 saturated heterocycles. The first kappa shape index (κ1) is 17.9.